The molecule has 1 aliphatic heterocycles. The summed E-state index contributed by atoms with van der Waals surface area (Å²) in [6, 6.07) is 0.391. The van der Waals surface area contributed by atoms with Crippen LogP contribution in [0, 0.1) is 17.8 Å². The molecule has 0 aromatic heterocycles. The lowest BCUT2D eigenvalue weighted by atomic mass is 9.79. The van der Waals surface area contributed by atoms with Crippen LogP contribution >= 0.6 is 0 Å². The van der Waals surface area contributed by atoms with Crippen molar-refractivity contribution >= 4 is 5.91 Å². The first-order valence-corrected chi connectivity index (χ1v) is 6.28. The van der Waals surface area contributed by atoms with Gasteiger partial charge >= 0.3 is 0 Å². The number of nitrogens with zero attached hydrogens (tertiary/aromatic N) is 1. The summed E-state index contributed by atoms with van der Waals surface area (Å²) in [6.07, 6.45) is 5.79. The first-order chi connectivity index (χ1) is 7.24. The third-order valence-electron chi connectivity index (χ3n) is 4.33. The number of likely N-dealkylation sites (tertiary alicyclic amines) is 1. The molecule has 3 atom stereocenters. The Morgan fingerprint density at radius 1 is 1.07 bits per heavy atom. The highest BCUT2D eigenvalue weighted by molar-refractivity contribution is 5.81. The van der Waals surface area contributed by atoms with Crippen LogP contribution in [0.4, 0.5) is 0 Å². The van der Waals surface area contributed by atoms with Crippen molar-refractivity contribution in [3.05, 3.63) is 0 Å². The molecule has 0 bridgehead atoms. The summed E-state index contributed by atoms with van der Waals surface area (Å²) in [5, 5.41) is 0. The van der Waals surface area contributed by atoms with Gasteiger partial charge in [-0.1, -0.05) is 0 Å². The molecule has 3 aliphatic rings. The summed E-state index contributed by atoms with van der Waals surface area (Å²) in [5.41, 5.74) is 5.98. The number of fused-ring (bicyclic) bond motifs is 1. The lowest BCUT2D eigenvalue weighted by molar-refractivity contribution is -0.131. The fraction of sp³-hybridized carbons (Fsp3) is 0.917. The van der Waals surface area contributed by atoms with Gasteiger partial charge in [-0.3, -0.25) is 4.79 Å². The van der Waals surface area contributed by atoms with E-state index in [9.17, 15) is 4.79 Å². The van der Waals surface area contributed by atoms with E-state index in [2.05, 4.69) is 4.90 Å². The van der Waals surface area contributed by atoms with E-state index in [0.717, 1.165) is 44.7 Å². The number of carbonyl (C=O) groups is 1. The van der Waals surface area contributed by atoms with Crippen LogP contribution in [0.15, 0.2) is 0 Å². The molecule has 1 heterocycles. The molecule has 2 saturated carbocycles. The first-order valence-electron chi connectivity index (χ1n) is 6.28. The highest BCUT2D eigenvalue weighted by Gasteiger charge is 2.42. The Labute approximate surface area is 91.0 Å². The highest BCUT2D eigenvalue weighted by atomic mass is 16.2. The van der Waals surface area contributed by atoms with E-state index in [0.29, 0.717) is 23.8 Å². The molecule has 3 nitrogen and oxygen atoms in total. The Kier molecular flexibility index (Phi) is 2.23. The molecule has 0 aromatic rings. The molecule has 1 saturated heterocycles. The zero-order chi connectivity index (χ0) is 10.4. The average molecular weight is 208 g/mol. The van der Waals surface area contributed by atoms with Gasteiger partial charge in [0, 0.05) is 25.0 Å². The summed E-state index contributed by atoms with van der Waals surface area (Å²) in [5.74, 6) is 2.28. The first kappa shape index (κ1) is 9.64. The van der Waals surface area contributed by atoms with Crippen LogP contribution in [-0.2, 0) is 4.79 Å². The van der Waals surface area contributed by atoms with Crippen LogP contribution in [0.25, 0.3) is 0 Å². The molecule has 84 valence electrons. The zero-order valence-corrected chi connectivity index (χ0v) is 9.19. The van der Waals surface area contributed by atoms with E-state index >= 15 is 0 Å². The van der Waals surface area contributed by atoms with Crippen molar-refractivity contribution in [2.45, 2.75) is 38.1 Å². The highest BCUT2D eigenvalue weighted by Crippen LogP contribution is 2.39. The molecule has 1 unspecified atom stereocenters. The number of carbonyl (C=O) groups excluding carboxylic acids is 1. The maximum atomic E-state index is 11.9. The standard InChI is InChI=1S/C12H20N2O/c13-11-4-3-9-6-14(7-10(9)5-11)12(15)8-1-2-8/h8-11H,1-7,13H2/t9-,10+,11?/m1/s1. The zero-order valence-electron chi connectivity index (χ0n) is 9.19. The van der Waals surface area contributed by atoms with Crippen molar-refractivity contribution in [2.75, 3.05) is 13.1 Å². The topological polar surface area (TPSA) is 46.3 Å². The van der Waals surface area contributed by atoms with Gasteiger partial charge in [0.2, 0.25) is 5.91 Å². The van der Waals surface area contributed by atoms with Gasteiger partial charge < -0.3 is 10.6 Å². The quantitative estimate of drug-likeness (QED) is 0.698. The SMILES string of the molecule is NC1CC[C@@H]2CN(C(=O)C3CC3)C[C@@H]2C1. The van der Waals surface area contributed by atoms with E-state index in [4.69, 9.17) is 5.73 Å². The van der Waals surface area contributed by atoms with E-state index in [-0.39, 0.29) is 0 Å². The predicted octanol–water partition coefficient (Wildman–Crippen LogP) is 0.982. The van der Waals surface area contributed by atoms with Crippen LogP contribution in [-0.4, -0.2) is 29.9 Å². The number of nitrogens with two attached hydrogens (primary N) is 1. The second-order valence-corrected chi connectivity index (χ2v) is 5.61. The number of amides is 1. The van der Waals surface area contributed by atoms with Gasteiger partial charge in [-0.25, -0.2) is 0 Å². The second-order valence-electron chi connectivity index (χ2n) is 5.61. The van der Waals surface area contributed by atoms with Crippen molar-refractivity contribution in [1.82, 2.24) is 4.90 Å². The van der Waals surface area contributed by atoms with Gasteiger partial charge in [0.05, 0.1) is 0 Å². The largest absolute Gasteiger partial charge is 0.342 e. The van der Waals surface area contributed by atoms with Crippen LogP contribution in [0.3, 0.4) is 0 Å². The fourth-order valence-corrected chi connectivity index (χ4v) is 3.24. The van der Waals surface area contributed by atoms with Crippen molar-refractivity contribution in [3.63, 3.8) is 0 Å². The second kappa shape index (κ2) is 3.48. The molecule has 3 fully saturated rings. The lowest BCUT2D eigenvalue weighted by Crippen LogP contribution is -2.32. The molecule has 15 heavy (non-hydrogen) atoms. The summed E-state index contributed by atoms with van der Waals surface area (Å²) in [4.78, 5) is 14.0. The molecular formula is C12H20N2O. The van der Waals surface area contributed by atoms with E-state index in [1.807, 2.05) is 0 Å². The molecule has 0 radical (unpaired) electrons. The molecule has 2 aliphatic carbocycles. The Bertz CT molecular complexity index is 275. The molecular weight excluding hydrogens is 188 g/mol. The van der Waals surface area contributed by atoms with Gasteiger partial charge in [0.1, 0.15) is 0 Å². The third-order valence-corrected chi connectivity index (χ3v) is 4.33. The Morgan fingerprint density at radius 3 is 2.53 bits per heavy atom. The molecule has 0 aromatic carbocycles. The summed E-state index contributed by atoms with van der Waals surface area (Å²) in [7, 11) is 0. The third kappa shape index (κ3) is 1.78. The lowest BCUT2D eigenvalue weighted by Gasteiger charge is -2.27. The molecule has 3 heteroatoms. The van der Waals surface area contributed by atoms with Crippen molar-refractivity contribution in [1.29, 1.82) is 0 Å². The van der Waals surface area contributed by atoms with Gasteiger partial charge in [-0.15, -0.1) is 0 Å². The summed E-state index contributed by atoms with van der Waals surface area (Å²) >= 11 is 0. The smallest absolute Gasteiger partial charge is 0.225 e. The van der Waals surface area contributed by atoms with Crippen LogP contribution in [0.2, 0.25) is 0 Å². The number of hydrogen-bond acceptors (Lipinski definition) is 2. The molecule has 2 N–H and O–H groups in total. The van der Waals surface area contributed by atoms with Crippen LogP contribution in [0.1, 0.15) is 32.1 Å². The molecule has 0 spiro atoms. The maximum Gasteiger partial charge on any atom is 0.225 e. The molecule has 1 amide bonds. The predicted molar refractivity (Wildman–Crippen MR) is 58.1 cm³/mol. The normalized spacial score (nSPS) is 40.3. The number of hydrogen-bond donors (Lipinski definition) is 1. The van der Waals surface area contributed by atoms with Crippen molar-refractivity contribution in [3.8, 4) is 0 Å². The monoisotopic (exact) mass is 208 g/mol. The Hall–Kier alpha value is -0.570. The van der Waals surface area contributed by atoms with Gasteiger partial charge in [-0.2, -0.15) is 0 Å². The maximum absolute atomic E-state index is 11.9. The van der Waals surface area contributed by atoms with Crippen LogP contribution < -0.4 is 5.73 Å². The van der Waals surface area contributed by atoms with Crippen LogP contribution in [0.5, 0.6) is 0 Å². The Morgan fingerprint density at radius 2 is 1.80 bits per heavy atom. The average Bonchev–Trinajstić information content (AvgIpc) is 2.97. The summed E-state index contributed by atoms with van der Waals surface area (Å²) < 4.78 is 0. The van der Waals surface area contributed by atoms with Gasteiger partial charge in [-0.05, 0) is 43.9 Å². The van der Waals surface area contributed by atoms with E-state index in [1.54, 1.807) is 0 Å². The van der Waals surface area contributed by atoms with E-state index in [1.165, 1.54) is 6.42 Å². The fourth-order valence-electron chi connectivity index (χ4n) is 3.24. The summed E-state index contributed by atoms with van der Waals surface area (Å²) in [6.45, 7) is 2.01. The molecule has 3 rings (SSSR count). The van der Waals surface area contributed by atoms with Crippen molar-refractivity contribution in [2.24, 2.45) is 23.5 Å². The van der Waals surface area contributed by atoms with Crippen molar-refractivity contribution < 1.29 is 4.79 Å². The number of rotatable bonds is 1. The minimum Gasteiger partial charge on any atom is -0.342 e. The Balaban J connectivity index is 1.63. The van der Waals surface area contributed by atoms with Gasteiger partial charge in [0.25, 0.3) is 0 Å². The minimum atomic E-state index is 0.388. The minimum absolute atomic E-state index is 0.388. The van der Waals surface area contributed by atoms with E-state index < -0.39 is 0 Å². The van der Waals surface area contributed by atoms with Gasteiger partial charge in [0.15, 0.2) is 0 Å².